The maximum atomic E-state index is 13.2. The van der Waals surface area contributed by atoms with Crippen LogP contribution in [0, 0.1) is 13.8 Å². The normalized spacial score (nSPS) is 20.3. The van der Waals surface area contributed by atoms with Gasteiger partial charge >= 0.3 is 6.03 Å². The van der Waals surface area contributed by atoms with E-state index in [0.29, 0.717) is 22.6 Å². The number of benzene rings is 1. The van der Waals surface area contributed by atoms with Gasteiger partial charge in [0, 0.05) is 23.0 Å². The summed E-state index contributed by atoms with van der Waals surface area (Å²) in [7, 11) is 0. The van der Waals surface area contributed by atoms with Crippen LogP contribution in [0.1, 0.15) is 54.1 Å². The SMILES string of the molecule is Cc1cc(C(=O)CN2C(=O)N[C@](C)(c3ccc4c(c3)OCO4)C2=O)c(C)n1C(C)C. The van der Waals surface area contributed by atoms with E-state index in [-0.39, 0.29) is 25.2 Å². The molecule has 1 aromatic heterocycles. The van der Waals surface area contributed by atoms with Gasteiger partial charge in [-0.05, 0) is 58.4 Å². The highest BCUT2D eigenvalue weighted by atomic mass is 16.7. The number of hydrogen-bond acceptors (Lipinski definition) is 5. The minimum absolute atomic E-state index is 0.116. The van der Waals surface area contributed by atoms with Crippen molar-refractivity contribution in [3.05, 3.63) is 46.8 Å². The monoisotopic (exact) mass is 411 g/mol. The molecule has 0 radical (unpaired) electrons. The van der Waals surface area contributed by atoms with Crippen LogP contribution in [0.15, 0.2) is 24.3 Å². The molecule has 2 aromatic rings. The zero-order valence-corrected chi connectivity index (χ0v) is 17.7. The lowest BCUT2D eigenvalue weighted by Gasteiger charge is -2.22. The second-order valence-corrected chi connectivity index (χ2v) is 8.19. The molecule has 0 bridgehead atoms. The maximum absolute atomic E-state index is 13.2. The van der Waals surface area contributed by atoms with Crippen LogP contribution in [0.5, 0.6) is 11.5 Å². The van der Waals surface area contributed by atoms with Crippen molar-refractivity contribution in [1.82, 2.24) is 14.8 Å². The van der Waals surface area contributed by atoms with Crippen LogP contribution < -0.4 is 14.8 Å². The predicted octanol–water partition coefficient (Wildman–Crippen LogP) is 3.06. The van der Waals surface area contributed by atoms with Crippen LogP contribution in [0.3, 0.4) is 0 Å². The van der Waals surface area contributed by atoms with Crippen molar-refractivity contribution >= 4 is 17.7 Å². The third-order valence-corrected chi connectivity index (χ3v) is 5.83. The molecule has 158 valence electrons. The number of amides is 3. The lowest BCUT2D eigenvalue weighted by atomic mass is 9.91. The smallest absolute Gasteiger partial charge is 0.325 e. The molecule has 2 aliphatic rings. The Labute approximate surface area is 174 Å². The van der Waals surface area contributed by atoms with Crippen molar-refractivity contribution in [2.75, 3.05) is 13.3 Å². The number of carbonyl (C=O) groups is 3. The molecular weight excluding hydrogens is 386 g/mol. The van der Waals surface area contributed by atoms with Gasteiger partial charge < -0.3 is 19.4 Å². The van der Waals surface area contributed by atoms with Gasteiger partial charge in [0.05, 0.1) is 6.54 Å². The third-order valence-electron chi connectivity index (χ3n) is 5.83. The average Bonchev–Trinajstić information content (AvgIpc) is 3.33. The van der Waals surface area contributed by atoms with Gasteiger partial charge in [-0.1, -0.05) is 6.07 Å². The first-order valence-electron chi connectivity index (χ1n) is 9.89. The molecule has 1 N–H and O–H groups in total. The number of nitrogens with one attached hydrogen (secondary N) is 1. The quantitative estimate of drug-likeness (QED) is 0.603. The van der Waals surface area contributed by atoms with Crippen LogP contribution in [0.25, 0.3) is 0 Å². The summed E-state index contributed by atoms with van der Waals surface area (Å²) in [5.41, 5.74) is 1.61. The second-order valence-electron chi connectivity index (χ2n) is 8.19. The van der Waals surface area contributed by atoms with E-state index in [4.69, 9.17) is 9.47 Å². The van der Waals surface area contributed by atoms with Crippen molar-refractivity contribution in [1.29, 1.82) is 0 Å². The van der Waals surface area contributed by atoms with E-state index in [0.717, 1.165) is 16.3 Å². The molecule has 1 atom stereocenters. The molecule has 3 amide bonds. The summed E-state index contributed by atoms with van der Waals surface area (Å²) in [5.74, 6) is 0.365. The predicted molar refractivity (Wildman–Crippen MR) is 109 cm³/mol. The standard InChI is InChI=1S/C22H25N3O5/c1-12(2)25-13(3)8-16(14(25)4)17(26)10-24-20(27)22(5,23-21(24)28)15-6-7-18-19(9-15)30-11-29-18/h6-9,12H,10-11H2,1-5H3,(H,23,28)/t22-/m1/s1. The van der Waals surface area contributed by atoms with Crippen molar-refractivity contribution in [2.45, 2.75) is 46.2 Å². The summed E-state index contributed by atoms with van der Waals surface area (Å²) >= 11 is 0. The number of ether oxygens (including phenoxy) is 2. The minimum Gasteiger partial charge on any atom is -0.454 e. The van der Waals surface area contributed by atoms with Gasteiger partial charge in [-0.3, -0.25) is 14.5 Å². The van der Waals surface area contributed by atoms with E-state index in [1.165, 1.54) is 0 Å². The maximum Gasteiger partial charge on any atom is 0.325 e. The first-order chi connectivity index (χ1) is 14.1. The fourth-order valence-corrected chi connectivity index (χ4v) is 4.33. The van der Waals surface area contributed by atoms with E-state index >= 15 is 0 Å². The van der Waals surface area contributed by atoms with Gasteiger partial charge in [-0.15, -0.1) is 0 Å². The number of nitrogens with zero attached hydrogens (tertiary/aromatic N) is 2. The largest absolute Gasteiger partial charge is 0.454 e. The number of aryl methyl sites for hydroxylation is 1. The van der Waals surface area contributed by atoms with Crippen LogP contribution in [-0.4, -0.2) is 40.5 Å². The molecule has 3 heterocycles. The van der Waals surface area contributed by atoms with Gasteiger partial charge in [0.25, 0.3) is 5.91 Å². The van der Waals surface area contributed by atoms with Crippen LogP contribution in [0.4, 0.5) is 4.79 Å². The molecule has 30 heavy (non-hydrogen) atoms. The van der Waals surface area contributed by atoms with Gasteiger partial charge in [0.15, 0.2) is 17.3 Å². The summed E-state index contributed by atoms with van der Waals surface area (Å²) in [4.78, 5) is 39.8. The Morgan fingerprint density at radius 3 is 2.53 bits per heavy atom. The fraction of sp³-hybridized carbons (Fsp3) is 0.409. The Morgan fingerprint density at radius 1 is 1.17 bits per heavy atom. The first kappa shape index (κ1) is 20.0. The van der Waals surface area contributed by atoms with Crippen molar-refractivity contribution in [3.63, 3.8) is 0 Å². The van der Waals surface area contributed by atoms with E-state index < -0.39 is 17.5 Å². The van der Waals surface area contributed by atoms with Gasteiger partial charge in [0.1, 0.15) is 5.54 Å². The summed E-state index contributed by atoms with van der Waals surface area (Å²) in [6.45, 7) is 9.33. The molecule has 2 aliphatic heterocycles. The zero-order chi connectivity index (χ0) is 21.8. The number of imide groups is 1. The molecule has 8 nitrogen and oxygen atoms in total. The molecule has 0 unspecified atom stereocenters. The Hall–Kier alpha value is -3.29. The molecule has 0 spiro atoms. The Morgan fingerprint density at radius 2 is 1.87 bits per heavy atom. The third kappa shape index (κ3) is 2.94. The molecular formula is C22H25N3O5. The molecule has 0 aliphatic carbocycles. The van der Waals surface area contributed by atoms with Crippen molar-refractivity contribution in [3.8, 4) is 11.5 Å². The summed E-state index contributed by atoms with van der Waals surface area (Å²) in [5, 5.41) is 2.73. The number of urea groups is 1. The Bertz CT molecular complexity index is 1070. The highest BCUT2D eigenvalue weighted by Crippen LogP contribution is 2.38. The zero-order valence-electron chi connectivity index (χ0n) is 17.7. The number of carbonyl (C=O) groups excluding carboxylic acids is 3. The van der Waals surface area contributed by atoms with E-state index in [2.05, 4.69) is 9.88 Å². The summed E-state index contributed by atoms with van der Waals surface area (Å²) < 4.78 is 12.8. The lowest BCUT2D eigenvalue weighted by Crippen LogP contribution is -2.41. The molecule has 1 fully saturated rings. The molecule has 0 saturated carbocycles. The summed E-state index contributed by atoms with van der Waals surface area (Å²) in [6, 6.07) is 6.53. The number of hydrogen-bond donors (Lipinski definition) is 1. The molecule has 1 saturated heterocycles. The molecule has 1 aromatic carbocycles. The second kappa shape index (κ2) is 6.90. The minimum atomic E-state index is -1.28. The summed E-state index contributed by atoms with van der Waals surface area (Å²) in [6.07, 6.45) is 0. The van der Waals surface area contributed by atoms with Gasteiger partial charge in [0.2, 0.25) is 6.79 Å². The number of Topliss-reactive ketones (excluding diaryl/α,β-unsaturated/α-hetero) is 1. The highest BCUT2D eigenvalue weighted by molar-refractivity contribution is 6.11. The van der Waals surface area contributed by atoms with Crippen LogP contribution in [0.2, 0.25) is 0 Å². The number of fused-ring (bicyclic) bond motifs is 1. The number of rotatable bonds is 5. The molecule has 4 rings (SSSR count). The first-order valence-corrected chi connectivity index (χ1v) is 9.89. The van der Waals surface area contributed by atoms with Crippen LogP contribution in [-0.2, 0) is 10.3 Å². The van der Waals surface area contributed by atoms with Gasteiger partial charge in [-0.25, -0.2) is 4.79 Å². The van der Waals surface area contributed by atoms with E-state index in [9.17, 15) is 14.4 Å². The number of aromatic nitrogens is 1. The highest BCUT2D eigenvalue weighted by Gasteiger charge is 2.50. The fourth-order valence-electron chi connectivity index (χ4n) is 4.33. The van der Waals surface area contributed by atoms with E-state index in [1.54, 1.807) is 25.1 Å². The van der Waals surface area contributed by atoms with Crippen molar-refractivity contribution < 1.29 is 23.9 Å². The van der Waals surface area contributed by atoms with E-state index in [1.807, 2.05) is 33.8 Å². The number of ketones is 1. The Kier molecular flexibility index (Phi) is 4.60. The Balaban J connectivity index is 1.59. The van der Waals surface area contributed by atoms with Crippen LogP contribution >= 0.6 is 0 Å². The average molecular weight is 411 g/mol. The lowest BCUT2D eigenvalue weighted by molar-refractivity contribution is -0.130. The van der Waals surface area contributed by atoms with Gasteiger partial charge in [-0.2, -0.15) is 0 Å². The van der Waals surface area contributed by atoms with Crippen molar-refractivity contribution in [2.24, 2.45) is 0 Å². The topological polar surface area (TPSA) is 89.9 Å². The molecule has 8 heteroatoms.